The van der Waals surface area contributed by atoms with Crippen LogP contribution in [0.1, 0.15) is 58.8 Å². The first-order valence-electron chi connectivity index (χ1n) is 8.93. The van der Waals surface area contributed by atoms with Gasteiger partial charge in [-0.2, -0.15) is 0 Å². The molecule has 2 aromatic rings. The van der Waals surface area contributed by atoms with Crippen molar-refractivity contribution in [2.24, 2.45) is 0 Å². The molecular weight excluding hydrogens is 380 g/mol. The predicted molar refractivity (Wildman–Crippen MR) is 101 cm³/mol. The van der Waals surface area contributed by atoms with E-state index in [0.717, 1.165) is 47.8 Å². The number of pyridine rings is 1. The summed E-state index contributed by atoms with van der Waals surface area (Å²) in [6.45, 7) is 0. The molecule has 1 amide bonds. The Labute approximate surface area is 155 Å². The van der Waals surface area contributed by atoms with E-state index in [4.69, 9.17) is 0 Å². The van der Waals surface area contributed by atoms with Crippen molar-refractivity contribution in [3.63, 3.8) is 0 Å². The average molecular weight is 401 g/mol. The van der Waals surface area contributed by atoms with Gasteiger partial charge in [0.1, 0.15) is 5.56 Å². The Morgan fingerprint density at radius 2 is 2.00 bits per heavy atom. The monoisotopic (exact) mass is 400 g/mol. The summed E-state index contributed by atoms with van der Waals surface area (Å²) in [4.78, 5) is 27.9. The van der Waals surface area contributed by atoms with E-state index in [-0.39, 0.29) is 23.1 Å². The van der Waals surface area contributed by atoms with Crippen LogP contribution in [-0.2, 0) is 12.8 Å². The minimum atomic E-state index is -0.266. The first-order chi connectivity index (χ1) is 12.1. The van der Waals surface area contributed by atoms with Gasteiger partial charge in [-0.1, -0.05) is 34.5 Å². The summed E-state index contributed by atoms with van der Waals surface area (Å²) in [6, 6.07) is 10.1. The van der Waals surface area contributed by atoms with E-state index in [9.17, 15) is 9.59 Å². The number of H-pyrrole nitrogens is 1. The Balaban J connectivity index is 1.49. The van der Waals surface area contributed by atoms with Crippen LogP contribution in [0.4, 0.5) is 0 Å². The summed E-state index contributed by atoms with van der Waals surface area (Å²) in [5, 5.41) is 3.03. The molecular formula is C20H21BrN2O2. The first kappa shape index (κ1) is 16.6. The summed E-state index contributed by atoms with van der Waals surface area (Å²) in [5.74, 6) is 0.0807. The topological polar surface area (TPSA) is 62.0 Å². The smallest absolute Gasteiger partial charge is 0.261 e. The highest BCUT2D eigenvalue weighted by molar-refractivity contribution is 9.10. The number of aromatic nitrogens is 1. The fraction of sp³-hybridized carbons (Fsp3) is 0.400. The number of hydrogen-bond acceptors (Lipinski definition) is 2. The molecule has 1 aromatic heterocycles. The van der Waals surface area contributed by atoms with E-state index < -0.39 is 0 Å². The molecule has 1 heterocycles. The van der Waals surface area contributed by atoms with Crippen molar-refractivity contribution in [1.82, 2.24) is 10.3 Å². The number of amides is 1. The standard InChI is InChI=1S/C20H21BrN2O2/c21-14-7-4-6-12(9-14)15-11-18(15)23-20(25)16-10-13-5-2-1-3-8-17(13)22-19(16)24/h4,6-7,9-10,15,18H,1-3,5,8,11H2,(H,22,24)(H,23,25)/t15-,18+/m0/s1. The van der Waals surface area contributed by atoms with Crippen molar-refractivity contribution in [3.8, 4) is 0 Å². The van der Waals surface area contributed by atoms with E-state index in [1.165, 1.54) is 12.0 Å². The summed E-state index contributed by atoms with van der Waals surface area (Å²) < 4.78 is 1.05. The molecule has 5 heteroatoms. The third-order valence-electron chi connectivity index (χ3n) is 5.22. The zero-order valence-electron chi connectivity index (χ0n) is 14.0. The molecule has 2 atom stereocenters. The second-order valence-electron chi connectivity index (χ2n) is 7.05. The highest BCUT2D eigenvalue weighted by Gasteiger charge is 2.40. The first-order valence-corrected chi connectivity index (χ1v) is 9.72. The molecule has 0 bridgehead atoms. The summed E-state index contributed by atoms with van der Waals surface area (Å²) >= 11 is 3.48. The maximum absolute atomic E-state index is 12.6. The fourth-order valence-electron chi connectivity index (χ4n) is 3.73. The second-order valence-corrected chi connectivity index (χ2v) is 7.97. The Hall–Kier alpha value is -1.88. The highest BCUT2D eigenvalue weighted by atomic mass is 79.9. The van der Waals surface area contributed by atoms with Crippen LogP contribution in [0, 0.1) is 0 Å². The van der Waals surface area contributed by atoms with Gasteiger partial charge in [0.15, 0.2) is 0 Å². The Kier molecular flexibility index (Phi) is 4.50. The number of rotatable bonds is 3. The van der Waals surface area contributed by atoms with Crippen molar-refractivity contribution >= 4 is 21.8 Å². The van der Waals surface area contributed by atoms with Gasteiger partial charge in [-0.15, -0.1) is 0 Å². The molecule has 4 nitrogen and oxygen atoms in total. The number of aryl methyl sites for hydroxylation is 2. The van der Waals surface area contributed by atoms with Gasteiger partial charge in [-0.3, -0.25) is 9.59 Å². The number of fused-ring (bicyclic) bond motifs is 1. The van der Waals surface area contributed by atoms with Crippen molar-refractivity contribution in [3.05, 3.63) is 67.5 Å². The van der Waals surface area contributed by atoms with Crippen LogP contribution in [0.3, 0.4) is 0 Å². The number of halogens is 1. The Morgan fingerprint density at radius 1 is 1.16 bits per heavy atom. The molecule has 2 N–H and O–H groups in total. The zero-order chi connectivity index (χ0) is 17.4. The molecule has 4 rings (SSSR count). The molecule has 1 aromatic carbocycles. The van der Waals surface area contributed by atoms with Crippen molar-refractivity contribution in [2.75, 3.05) is 0 Å². The van der Waals surface area contributed by atoms with Crippen LogP contribution >= 0.6 is 15.9 Å². The normalized spacial score (nSPS) is 22.0. The minimum absolute atomic E-state index is 0.111. The second kappa shape index (κ2) is 6.79. The number of nitrogens with one attached hydrogen (secondary N) is 2. The summed E-state index contributed by atoms with van der Waals surface area (Å²) in [6.07, 6.45) is 6.16. The predicted octanol–water partition coefficient (Wildman–Crippen LogP) is 3.69. The van der Waals surface area contributed by atoms with Gasteiger partial charge >= 0.3 is 0 Å². The van der Waals surface area contributed by atoms with Crippen molar-refractivity contribution < 1.29 is 4.79 Å². The molecule has 130 valence electrons. The molecule has 1 fully saturated rings. The van der Waals surface area contributed by atoms with Crippen LogP contribution in [-0.4, -0.2) is 16.9 Å². The summed E-state index contributed by atoms with van der Waals surface area (Å²) in [5.41, 5.74) is 3.34. The number of hydrogen-bond donors (Lipinski definition) is 2. The molecule has 0 aliphatic heterocycles. The Morgan fingerprint density at radius 3 is 2.84 bits per heavy atom. The van der Waals surface area contributed by atoms with E-state index >= 15 is 0 Å². The van der Waals surface area contributed by atoms with Gasteiger partial charge in [0, 0.05) is 22.1 Å². The summed E-state index contributed by atoms with van der Waals surface area (Å²) in [7, 11) is 0. The molecule has 0 unspecified atom stereocenters. The number of benzene rings is 1. The third kappa shape index (κ3) is 3.56. The fourth-order valence-corrected chi connectivity index (χ4v) is 4.14. The average Bonchev–Trinajstić information content (AvgIpc) is 3.37. The highest BCUT2D eigenvalue weighted by Crippen LogP contribution is 2.41. The lowest BCUT2D eigenvalue weighted by atomic mass is 10.1. The Bertz CT molecular complexity index is 874. The maximum Gasteiger partial charge on any atom is 0.261 e. The van der Waals surface area contributed by atoms with Gasteiger partial charge < -0.3 is 10.3 Å². The lowest BCUT2D eigenvalue weighted by molar-refractivity contribution is 0.0948. The quantitative estimate of drug-likeness (QED) is 0.771. The number of carbonyl (C=O) groups is 1. The molecule has 0 radical (unpaired) electrons. The minimum Gasteiger partial charge on any atom is -0.348 e. The van der Waals surface area contributed by atoms with E-state index in [1.807, 2.05) is 18.2 Å². The lowest BCUT2D eigenvalue weighted by Crippen LogP contribution is -2.32. The molecule has 2 aliphatic rings. The molecule has 1 saturated carbocycles. The van der Waals surface area contributed by atoms with Gasteiger partial charge in [-0.05, 0) is 61.4 Å². The third-order valence-corrected chi connectivity index (χ3v) is 5.71. The molecule has 0 spiro atoms. The number of aromatic amines is 1. The van der Waals surface area contributed by atoms with E-state index in [1.54, 1.807) is 0 Å². The van der Waals surface area contributed by atoms with Gasteiger partial charge in [0.2, 0.25) is 0 Å². The van der Waals surface area contributed by atoms with Crippen molar-refractivity contribution in [2.45, 2.75) is 50.5 Å². The lowest BCUT2D eigenvalue weighted by Gasteiger charge is -2.09. The van der Waals surface area contributed by atoms with Gasteiger partial charge in [0.05, 0.1) is 0 Å². The van der Waals surface area contributed by atoms with Crippen LogP contribution in [0.5, 0.6) is 0 Å². The van der Waals surface area contributed by atoms with Crippen LogP contribution in [0.15, 0.2) is 39.6 Å². The largest absolute Gasteiger partial charge is 0.348 e. The maximum atomic E-state index is 12.6. The van der Waals surface area contributed by atoms with Crippen LogP contribution < -0.4 is 10.9 Å². The van der Waals surface area contributed by atoms with Crippen LogP contribution in [0.2, 0.25) is 0 Å². The van der Waals surface area contributed by atoms with E-state index in [2.05, 4.69) is 38.4 Å². The van der Waals surface area contributed by atoms with Gasteiger partial charge in [0.25, 0.3) is 11.5 Å². The van der Waals surface area contributed by atoms with Gasteiger partial charge in [-0.25, -0.2) is 0 Å². The van der Waals surface area contributed by atoms with Crippen LogP contribution in [0.25, 0.3) is 0 Å². The molecule has 0 saturated heterocycles. The molecule has 2 aliphatic carbocycles. The van der Waals surface area contributed by atoms with Crippen molar-refractivity contribution in [1.29, 1.82) is 0 Å². The zero-order valence-corrected chi connectivity index (χ0v) is 15.6. The SMILES string of the molecule is O=C(N[C@@H]1C[C@H]1c1cccc(Br)c1)c1cc2c([nH]c1=O)CCCCC2. The number of carbonyl (C=O) groups excluding carboxylic acids is 1. The molecule has 25 heavy (non-hydrogen) atoms. The van der Waals surface area contributed by atoms with E-state index in [0.29, 0.717) is 5.92 Å².